The first-order chi connectivity index (χ1) is 14.5. The van der Waals surface area contributed by atoms with Gasteiger partial charge in [0.05, 0.1) is 14.7 Å². The average molecular weight is 482 g/mol. The van der Waals surface area contributed by atoms with Crippen molar-refractivity contribution in [1.29, 1.82) is 0 Å². The number of fused-ring (bicyclic) bond motifs is 1. The van der Waals surface area contributed by atoms with Crippen LogP contribution in [0.3, 0.4) is 0 Å². The van der Waals surface area contributed by atoms with Crippen molar-refractivity contribution in [3.05, 3.63) is 50.9 Å². The minimum absolute atomic E-state index is 0.0232. The number of rotatable bonds is 8. The molecule has 1 aromatic rings. The van der Waals surface area contributed by atoms with Gasteiger partial charge in [-0.05, 0) is 56.2 Å². The third-order valence-electron chi connectivity index (χ3n) is 4.70. The maximum Gasteiger partial charge on any atom is 0.354 e. The van der Waals surface area contributed by atoms with Crippen molar-refractivity contribution in [1.82, 2.24) is 9.55 Å². The van der Waals surface area contributed by atoms with E-state index in [1.54, 1.807) is 18.7 Å². The summed E-state index contributed by atoms with van der Waals surface area (Å²) in [4.78, 5) is 28.4. The second-order valence-electron chi connectivity index (χ2n) is 7.42. The molecule has 0 fully saturated rings. The molecular formula is C20H23N3O5S3. The van der Waals surface area contributed by atoms with Gasteiger partial charge in [-0.15, -0.1) is 23.1 Å². The van der Waals surface area contributed by atoms with Gasteiger partial charge in [-0.2, -0.15) is 4.98 Å². The smallest absolute Gasteiger partial charge is 0.354 e. The van der Waals surface area contributed by atoms with Gasteiger partial charge < -0.3 is 5.11 Å². The number of carboxylic acid groups (broad SMARTS) is 1. The third kappa shape index (κ3) is 4.94. The van der Waals surface area contributed by atoms with Crippen LogP contribution in [0.15, 0.2) is 38.2 Å². The van der Waals surface area contributed by atoms with E-state index in [4.69, 9.17) is 5.11 Å². The minimum atomic E-state index is -4.07. The number of thioether (sulfide) groups is 1. The number of benzene rings is 1. The Balaban J connectivity index is 2.03. The fourth-order valence-corrected chi connectivity index (χ4v) is 6.61. The lowest BCUT2D eigenvalue weighted by Gasteiger charge is -2.16. The zero-order valence-corrected chi connectivity index (χ0v) is 19.9. The number of aromatic nitrogens is 2. The van der Waals surface area contributed by atoms with Crippen molar-refractivity contribution >= 4 is 44.9 Å². The monoisotopic (exact) mass is 481 g/mol. The summed E-state index contributed by atoms with van der Waals surface area (Å²) in [7, 11) is -4.07. The number of carbonyl (C=O) groups is 1. The molecule has 0 radical (unpaired) electrons. The SMILES string of the molecule is Cc1sc(SCCC(C)C)c2c(NS(=O)(=O)c3ccc(C(=O)O)cc3)nc(=O)n-2c1C. The van der Waals surface area contributed by atoms with Crippen LogP contribution in [0.5, 0.6) is 0 Å². The van der Waals surface area contributed by atoms with Crippen LogP contribution in [-0.4, -0.2) is 34.8 Å². The van der Waals surface area contributed by atoms with E-state index in [0.29, 0.717) is 17.3 Å². The van der Waals surface area contributed by atoms with Crippen LogP contribution in [0.4, 0.5) is 5.82 Å². The first-order valence-corrected chi connectivity index (χ1v) is 12.8. The molecule has 3 rings (SSSR count). The second kappa shape index (κ2) is 9.01. The van der Waals surface area contributed by atoms with E-state index in [1.807, 2.05) is 6.92 Å². The quantitative estimate of drug-likeness (QED) is 0.467. The van der Waals surface area contributed by atoms with E-state index < -0.39 is 21.7 Å². The zero-order chi connectivity index (χ0) is 22.9. The van der Waals surface area contributed by atoms with Crippen LogP contribution in [0.2, 0.25) is 0 Å². The summed E-state index contributed by atoms with van der Waals surface area (Å²) >= 11 is 3.08. The fraction of sp³-hybridized carbons (Fsp3) is 0.350. The molecule has 0 atom stereocenters. The van der Waals surface area contributed by atoms with Crippen molar-refractivity contribution in [2.75, 3.05) is 10.5 Å². The van der Waals surface area contributed by atoms with Gasteiger partial charge in [0.15, 0.2) is 5.82 Å². The number of nitrogens with one attached hydrogen (secondary N) is 1. The van der Waals surface area contributed by atoms with E-state index in [0.717, 1.165) is 21.3 Å². The van der Waals surface area contributed by atoms with Crippen molar-refractivity contribution in [2.45, 2.75) is 43.2 Å². The molecule has 8 nitrogen and oxygen atoms in total. The van der Waals surface area contributed by atoms with Crippen LogP contribution in [-0.2, 0) is 10.0 Å². The Morgan fingerprint density at radius 1 is 1.26 bits per heavy atom. The molecule has 1 aromatic carbocycles. The Hall–Kier alpha value is -2.37. The molecule has 166 valence electrons. The second-order valence-corrected chi connectivity index (χ2v) is 11.7. The van der Waals surface area contributed by atoms with Gasteiger partial charge in [0.1, 0.15) is 5.69 Å². The minimum Gasteiger partial charge on any atom is -0.478 e. The van der Waals surface area contributed by atoms with Gasteiger partial charge in [-0.25, -0.2) is 18.0 Å². The predicted octanol–water partition coefficient (Wildman–Crippen LogP) is 3.99. The molecule has 0 amide bonds. The molecule has 0 aromatic heterocycles. The Bertz CT molecular complexity index is 1240. The number of anilines is 1. The topological polar surface area (TPSA) is 118 Å². The van der Waals surface area contributed by atoms with E-state index >= 15 is 0 Å². The van der Waals surface area contributed by atoms with E-state index in [2.05, 4.69) is 23.6 Å². The molecule has 0 saturated heterocycles. The number of nitrogens with zero attached hydrogens (tertiary/aromatic N) is 2. The number of carboxylic acids is 1. The molecule has 0 aliphatic carbocycles. The van der Waals surface area contributed by atoms with Crippen LogP contribution in [0.1, 0.15) is 41.2 Å². The molecule has 0 bridgehead atoms. The number of aryl methyl sites for hydroxylation is 1. The number of hydrogen-bond donors (Lipinski definition) is 2. The van der Waals surface area contributed by atoms with Crippen LogP contribution < -0.4 is 10.4 Å². The molecular weight excluding hydrogens is 458 g/mol. The Labute approximate surface area is 188 Å². The van der Waals surface area contributed by atoms with Crippen LogP contribution in [0, 0.1) is 19.8 Å². The highest BCUT2D eigenvalue weighted by Crippen LogP contribution is 2.38. The van der Waals surface area contributed by atoms with Gasteiger partial charge in [0.2, 0.25) is 0 Å². The summed E-state index contributed by atoms with van der Waals surface area (Å²) in [5.41, 5.74) is 0.581. The van der Waals surface area contributed by atoms with Gasteiger partial charge >= 0.3 is 11.7 Å². The molecule has 11 heteroatoms. The average Bonchev–Trinajstić information content (AvgIpc) is 3.01. The van der Waals surface area contributed by atoms with Crippen molar-refractivity contribution in [3.63, 3.8) is 0 Å². The molecule has 0 unspecified atom stereocenters. The first-order valence-electron chi connectivity index (χ1n) is 9.53. The molecule has 0 saturated carbocycles. The largest absolute Gasteiger partial charge is 0.478 e. The number of aromatic carboxylic acids is 1. The normalized spacial score (nSPS) is 11.9. The lowest BCUT2D eigenvalue weighted by molar-refractivity contribution is 0.0696. The maximum atomic E-state index is 12.9. The first kappa shape index (κ1) is 23.3. The van der Waals surface area contributed by atoms with Gasteiger partial charge in [-0.1, -0.05) is 13.8 Å². The fourth-order valence-electron chi connectivity index (χ4n) is 2.84. The molecule has 2 heterocycles. The summed E-state index contributed by atoms with van der Waals surface area (Å²) in [6.07, 6.45) is 0.978. The molecule has 2 aliphatic heterocycles. The molecule has 31 heavy (non-hydrogen) atoms. The van der Waals surface area contributed by atoms with E-state index in [9.17, 15) is 18.0 Å². The summed E-state index contributed by atoms with van der Waals surface area (Å²) < 4.78 is 30.5. The maximum absolute atomic E-state index is 12.9. The van der Waals surface area contributed by atoms with Crippen molar-refractivity contribution < 1.29 is 18.3 Å². The third-order valence-corrected chi connectivity index (χ3v) is 8.54. The summed E-state index contributed by atoms with van der Waals surface area (Å²) in [6, 6.07) is 4.84. The number of hydrogen-bond acceptors (Lipinski definition) is 7. The lowest BCUT2D eigenvalue weighted by atomic mass is 10.2. The number of sulfonamides is 1. The van der Waals surface area contributed by atoms with E-state index in [1.165, 1.54) is 40.2 Å². The molecule has 0 spiro atoms. The molecule has 2 aliphatic rings. The molecule has 2 N–H and O–H groups in total. The van der Waals surface area contributed by atoms with E-state index in [-0.39, 0.29) is 16.3 Å². The Morgan fingerprint density at radius 2 is 1.90 bits per heavy atom. The Morgan fingerprint density at radius 3 is 2.48 bits per heavy atom. The lowest BCUT2D eigenvalue weighted by Crippen LogP contribution is -2.17. The summed E-state index contributed by atoms with van der Waals surface area (Å²) in [5.74, 6) is 0.169. The zero-order valence-electron chi connectivity index (χ0n) is 17.5. The van der Waals surface area contributed by atoms with Gasteiger partial charge in [0, 0.05) is 10.6 Å². The highest BCUT2D eigenvalue weighted by atomic mass is 32.2. The highest BCUT2D eigenvalue weighted by Gasteiger charge is 2.27. The van der Waals surface area contributed by atoms with Gasteiger partial charge in [0.25, 0.3) is 10.0 Å². The summed E-state index contributed by atoms with van der Waals surface area (Å²) in [6.45, 7) is 7.97. The summed E-state index contributed by atoms with van der Waals surface area (Å²) in [5, 5.41) is 9.01. The standard InChI is InChI=1S/C20H23N3O5S3/c1-11(2)9-10-29-19-16-17(21-20(26)23(16)12(3)13(4)30-19)22-31(27,28)15-7-5-14(6-8-15)18(24)25/h5-8,11H,9-10H2,1-4H3,(H,24,25)(H,21,22,26). The highest BCUT2D eigenvalue weighted by molar-refractivity contribution is 8.01. The van der Waals surface area contributed by atoms with Crippen LogP contribution in [0.25, 0.3) is 5.69 Å². The number of imidazole rings is 1. The predicted molar refractivity (Wildman–Crippen MR) is 123 cm³/mol. The van der Waals surface area contributed by atoms with Crippen LogP contribution >= 0.6 is 23.1 Å². The van der Waals surface area contributed by atoms with Gasteiger partial charge in [-0.3, -0.25) is 9.29 Å². The van der Waals surface area contributed by atoms with Crippen molar-refractivity contribution in [2.24, 2.45) is 5.92 Å². The van der Waals surface area contributed by atoms with Crippen molar-refractivity contribution in [3.8, 4) is 5.69 Å². The Kier molecular flexibility index (Phi) is 6.77.